The molecular formula is C15H11ClF3N3O3. The first-order valence-corrected chi connectivity index (χ1v) is 7.35. The van der Waals surface area contributed by atoms with Crippen molar-refractivity contribution in [3.8, 4) is 11.5 Å². The average molecular weight is 374 g/mol. The maximum atomic E-state index is 12.8. The van der Waals surface area contributed by atoms with Crippen LogP contribution in [0, 0.1) is 0 Å². The Kier molecular flexibility index (Phi) is 4.80. The Labute approximate surface area is 144 Å². The summed E-state index contributed by atoms with van der Waals surface area (Å²) >= 11 is 5.86. The van der Waals surface area contributed by atoms with Crippen molar-refractivity contribution >= 4 is 17.4 Å². The first-order valence-electron chi connectivity index (χ1n) is 6.97. The molecule has 0 amide bonds. The van der Waals surface area contributed by atoms with Crippen molar-refractivity contribution in [1.29, 1.82) is 0 Å². The molecule has 0 radical (unpaired) electrons. The molecule has 0 fully saturated rings. The van der Waals surface area contributed by atoms with E-state index >= 15 is 0 Å². The van der Waals surface area contributed by atoms with Crippen LogP contribution in [-0.2, 0) is 11.0 Å². The van der Waals surface area contributed by atoms with Gasteiger partial charge in [-0.15, -0.1) is 0 Å². The number of ether oxygens (including phenoxy) is 1. The third kappa shape index (κ3) is 4.19. The summed E-state index contributed by atoms with van der Waals surface area (Å²) in [6, 6.07) is 5.78. The minimum absolute atomic E-state index is 0.0435. The number of benzene rings is 1. The maximum absolute atomic E-state index is 12.8. The molecule has 6 nitrogen and oxygen atoms in total. The molecule has 1 unspecified atom stereocenters. The van der Waals surface area contributed by atoms with Gasteiger partial charge in [-0.2, -0.15) is 13.2 Å². The quantitative estimate of drug-likeness (QED) is 0.808. The molecule has 2 heterocycles. The zero-order valence-electron chi connectivity index (χ0n) is 12.4. The number of rotatable bonds is 3. The molecular weight excluding hydrogens is 363 g/mol. The van der Waals surface area contributed by atoms with Crippen molar-refractivity contribution in [1.82, 2.24) is 10.5 Å². The Morgan fingerprint density at radius 1 is 1.32 bits per heavy atom. The van der Waals surface area contributed by atoms with Crippen molar-refractivity contribution in [2.45, 2.75) is 12.4 Å². The number of nitrogens with zero attached hydrogens (tertiary/aromatic N) is 2. The van der Waals surface area contributed by atoms with Crippen LogP contribution >= 0.6 is 11.6 Å². The van der Waals surface area contributed by atoms with Gasteiger partial charge in [0.25, 0.3) is 0 Å². The fraction of sp³-hybridized carbons (Fsp3) is 0.200. The zero-order chi connectivity index (χ0) is 18.0. The largest absolute Gasteiger partial charge is 0.455 e. The predicted octanol–water partition coefficient (Wildman–Crippen LogP) is 3.15. The van der Waals surface area contributed by atoms with Crippen LogP contribution in [0.4, 0.5) is 13.2 Å². The van der Waals surface area contributed by atoms with Gasteiger partial charge in [0.2, 0.25) is 0 Å². The predicted molar refractivity (Wildman–Crippen MR) is 82.4 cm³/mol. The number of aromatic nitrogens is 1. The number of amidine groups is 1. The minimum atomic E-state index is -4.49. The Balaban J connectivity index is 1.96. The molecule has 10 heteroatoms. The van der Waals surface area contributed by atoms with Gasteiger partial charge in [0.05, 0.1) is 17.3 Å². The summed E-state index contributed by atoms with van der Waals surface area (Å²) in [5.41, 5.74) is 1.93. The standard InChI is InChI=1S/C15H11ClF3N3O3/c16-12-5-10(14-21-13(23)7-24-22-14)11(6-20-12)25-9-3-1-2-8(4-9)15(17,18)19/h1-6,13,23H,7H2,(H,21,22). The number of hydroxylamine groups is 1. The number of pyridine rings is 1. The summed E-state index contributed by atoms with van der Waals surface area (Å²) in [6.45, 7) is -0.0495. The first-order chi connectivity index (χ1) is 11.8. The highest BCUT2D eigenvalue weighted by Gasteiger charge is 2.30. The van der Waals surface area contributed by atoms with E-state index in [1.165, 1.54) is 24.4 Å². The van der Waals surface area contributed by atoms with Crippen LogP contribution in [0.3, 0.4) is 0 Å². The van der Waals surface area contributed by atoms with Gasteiger partial charge < -0.3 is 9.84 Å². The van der Waals surface area contributed by atoms with E-state index in [2.05, 4.69) is 15.5 Å². The highest BCUT2D eigenvalue weighted by molar-refractivity contribution is 6.29. The Morgan fingerprint density at radius 2 is 2.12 bits per heavy atom. The molecule has 0 spiro atoms. The number of nitrogens with one attached hydrogen (secondary N) is 1. The van der Waals surface area contributed by atoms with Gasteiger partial charge in [-0.3, -0.25) is 4.84 Å². The Bertz CT molecular complexity index is 814. The molecule has 1 aromatic carbocycles. The molecule has 0 bridgehead atoms. The molecule has 0 aliphatic carbocycles. The Hall–Kier alpha value is -2.36. The maximum Gasteiger partial charge on any atom is 0.416 e. The Morgan fingerprint density at radius 3 is 2.84 bits per heavy atom. The molecule has 1 atom stereocenters. The summed E-state index contributed by atoms with van der Waals surface area (Å²) in [5, 5.41) is 9.66. The van der Waals surface area contributed by atoms with Crippen molar-refractivity contribution in [2.24, 2.45) is 4.99 Å². The lowest BCUT2D eigenvalue weighted by Gasteiger charge is -2.20. The molecule has 132 valence electrons. The van der Waals surface area contributed by atoms with Crippen LogP contribution in [0.25, 0.3) is 0 Å². The number of aliphatic hydroxyl groups is 1. The number of alkyl halides is 3. The van der Waals surface area contributed by atoms with Gasteiger partial charge in [-0.1, -0.05) is 17.7 Å². The van der Waals surface area contributed by atoms with E-state index in [4.69, 9.17) is 21.2 Å². The van der Waals surface area contributed by atoms with E-state index < -0.39 is 18.0 Å². The fourth-order valence-electron chi connectivity index (χ4n) is 2.07. The van der Waals surface area contributed by atoms with E-state index in [1.807, 2.05) is 0 Å². The number of aliphatic hydroxyl groups excluding tert-OH is 1. The van der Waals surface area contributed by atoms with Crippen LogP contribution in [0.15, 0.2) is 41.5 Å². The monoisotopic (exact) mass is 373 g/mol. The molecule has 2 aromatic rings. The van der Waals surface area contributed by atoms with E-state index in [0.717, 1.165) is 12.1 Å². The number of hydrogen-bond acceptors (Lipinski definition) is 6. The summed E-state index contributed by atoms with van der Waals surface area (Å²) < 4.78 is 44.0. The van der Waals surface area contributed by atoms with Crippen molar-refractivity contribution in [3.05, 3.63) is 52.8 Å². The summed E-state index contributed by atoms with van der Waals surface area (Å²) in [7, 11) is 0. The lowest BCUT2D eigenvalue weighted by Crippen LogP contribution is -2.35. The van der Waals surface area contributed by atoms with E-state index in [1.54, 1.807) is 0 Å². The molecule has 3 rings (SSSR count). The molecule has 25 heavy (non-hydrogen) atoms. The van der Waals surface area contributed by atoms with Gasteiger partial charge in [0.15, 0.2) is 17.8 Å². The highest BCUT2D eigenvalue weighted by Crippen LogP contribution is 2.33. The minimum Gasteiger partial charge on any atom is -0.455 e. The average Bonchev–Trinajstić information content (AvgIpc) is 2.56. The topological polar surface area (TPSA) is 76.0 Å². The molecule has 0 saturated heterocycles. The SMILES string of the molecule is OC1CONC(c2cc(Cl)ncc2Oc2cccc(C(F)(F)F)c2)=N1. The summed E-state index contributed by atoms with van der Waals surface area (Å²) in [4.78, 5) is 12.8. The molecule has 2 N–H and O–H groups in total. The highest BCUT2D eigenvalue weighted by atomic mass is 35.5. The number of halogens is 4. The molecule has 0 saturated carbocycles. The van der Waals surface area contributed by atoms with Crippen molar-refractivity contribution in [3.63, 3.8) is 0 Å². The lowest BCUT2D eigenvalue weighted by molar-refractivity contribution is -0.137. The van der Waals surface area contributed by atoms with Gasteiger partial charge in [-0.05, 0) is 24.3 Å². The first kappa shape index (κ1) is 17.5. The second-order valence-corrected chi connectivity index (χ2v) is 5.39. The van der Waals surface area contributed by atoms with Gasteiger partial charge in [0, 0.05) is 0 Å². The third-order valence-electron chi connectivity index (χ3n) is 3.16. The van der Waals surface area contributed by atoms with Crippen LogP contribution in [-0.4, -0.2) is 28.8 Å². The number of aliphatic imine (C=N–C) groups is 1. The molecule has 1 aliphatic heterocycles. The molecule has 1 aromatic heterocycles. The van der Waals surface area contributed by atoms with Gasteiger partial charge >= 0.3 is 6.18 Å². The number of hydrogen-bond donors (Lipinski definition) is 2. The van der Waals surface area contributed by atoms with E-state index in [0.29, 0.717) is 0 Å². The summed E-state index contributed by atoms with van der Waals surface area (Å²) in [5.74, 6) is 0.163. The van der Waals surface area contributed by atoms with E-state index in [-0.39, 0.29) is 34.7 Å². The van der Waals surface area contributed by atoms with Gasteiger partial charge in [0.1, 0.15) is 17.5 Å². The van der Waals surface area contributed by atoms with Crippen molar-refractivity contribution < 1.29 is 27.9 Å². The smallest absolute Gasteiger partial charge is 0.416 e. The van der Waals surface area contributed by atoms with Crippen LogP contribution < -0.4 is 10.2 Å². The van der Waals surface area contributed by atoms with E-state index in [9.17, 15) is 18.3 Å². The van der Waals surface area contributed by atoms with Crippen molar-refractivity contribution in [2.75, 3.05) is 6.61 Å². The molecule has 1 aliphatic rings. The zero-order valence-corrected chi connectivity index (χ0v) is 13.2. The fourth-order valence-corrected chi connectivity index (χ4v) is 2.23. The summed E-state index contributed by atoms with van der Waals surface area (Å²) in [6.07, 6.45) is -4.35. The van der Waals surface area contributed by atoms with Crippen LogP contribution in [0.5, 0.6) is 11.5 Å². The van der Waals surface area contributed by atoms with Crippen LogP contribution in [0.1, 0.15) is 11.1 Å². The second-order valence-electron chi connectivity index (χ2n) is 5.00. The third-order valence-corrected chi connectivity index (χ3v) is 3.36. The lowest BCUT2D eigenvalue weighted by atomic mass is 10.2. The van der Waals surface area contributed by atoms with Crippen LogP contribution in [0.2, 0.25) is 5.15 Å². The van der Waals surface area contributed by atoms with Gasteiger partial charge in [-0.25, -0.2) is 15.5 Å². The second kappa shape index (κ2) is 6.87. The normalized spacial score (nSPS) is 17.6.